The molecule has 0 aromatic carbocycles. The molecule has 0 aromatic heterocycles. The Balaban J connectivity index is 2.41. The van der Waals surface area contributed by atoms with Gasteiger partial charge in [0.15, 0.2) is 0 Å². The Morgan fingerprint density at radius 3 is 2.26 bits per heavy atom. The molecule has 1 aliphatic rings. The predicted octanol–water partition coefficient (Wildman–Crippen LogP) is 2.07. The van der Waals surface area contributed by atoms with E-state index >= 15 is 0 Å². The number of rotatable bonds is 6. The monoisotopic (exact) mass is 290 g/mol. The molecule has 0 saturated carbocycles. The van der Waals surface area contributed by atoms with Gasteiger partial charge in [0.2, 0.25) is 10.0 Å². The fourth-order valence-corrected chi connectivity index (χ4v) is 4.56. The number of sulfonamides is 1. The summed E-state index contributed by atoms with van der Waals surface area (Å²) >= 11 is 0. The van der Waals surface area contributed by atoms with Gasteiger partial charge in [0, 0.05) is 13.1 Å². The van der Waals surface area contributed by atoms with Crippen molar-refractivity contribution in [1.29, 1.82) is 0 Å². The molecule has 0 aromatic rings. The van der Waals surface area contributed by atoms with Crippen molar-refractivity contribution in [3.8, 4) is 0 Å². The van der Waals surface area contributed by atoms with Crippen LogP contribution in [-0.2, 0) is 10.0 Å². The molecule has 1 saturated heterocycles. The fraction of sp³-hybridized carbons (Fsp3) is 1.00. The summed E-state index contributed by atoms with van der Waals surface area (Å²) in [6.45, 7) is 11.6. The van der Waals surface area contributed by atoms with Gasteiger partial charge in [-0.05, 0) is 43.7 Å². The van der Waals surface area contributed by atoms with E-state index in [1.807, 2.05) is 20.8 Å². The number of piperidine rings is 1. The summed E-state index contributed by atoms with van der Waals surface area (Å²) in [6, 6.07) is 0. The van der Waals surface area contributed by atoms with Gasteiger partial charge in [-0.2, -0.15) is 0 Å². The van der Waals surface area contributed by atoms with Crippen molar-refractivity contribution in [1.82, 2.24) is 9.62 Å². The van der Waals surface area contributed by atoms with E-state index in [9.17, 15) is 8.42 Å². The van der Waals surface area contributed by atoms with Crippen LogP contribution in [0.2, 0.25) is 0 Å². The van der Waals surface area contributed by atoms with Crippen LogP contribution in [-0.4, -0.2) is 44.7 Å². The van der Waals surface area contributed by atoms with Crippen molar-refractivity contribution in [2.24, 2.45) is 11.3 Å². The van der Waals surface area contributed by atoms with Gasteiger partial charge < -0.3 is 5.32 Å². The molecule has 0 unspecified atom stereocenters. The van der Waals surface area contributed by atoms with Gasteiger partial charge in [0.1, 0.15) is 0 Å². The summed E-state index contributed by atoms with van der Waals surface area (Å²) in [5.74, 6) is 0.881. The Morgan fingerprint density at radius 2 is 1.79 bits per heavy atom. The number of nitrogens with zero attached hydrogens (tertiary/aromatic N) is 1. The second-order valence-electron chi connectivity index (χ2n) is 6.86. The maximum absolute atomic E-state index is 12.3. The van der Waals surface area contributed by atoms with E-state index in [0.717, 1.165) is 32.4 Å². The third-order valence-corrected chi connectivity index (χ3v) is 5.82. The maximum atomic E-state index is 12.3. The molecule has 5 heteroatoms. The van der Waals surface area contributed by atoms with E-state index in [2.05, 4.69) is 12.2 Å². The standard InChI is InChI=1S/C14H30N2O2S/c1-5-8-15-11-13-6-9-16(10-7-13)19(17,18)12-14(2,3)4/h13,15H,5-12H2,1-4H3. The lowest BCUT2D eigenvalue weighted by Gasteiger charge is -2.33. The topological polar surface area (TPSA) is 49.4 Å². The highest BCUT2D eigenvalue weighted by molar-refractivity contribution is 7.89. The van der Waals surface area contributed by atoms with Gasteiger partial charge >= 0.3 is 0 Å². The zero-order valence-electron chi connectivity index (χ0n) is 12.9. The van der Waals surface area contributed by atoms with E-state index in [4.69, 9.17) is 0 Å². The molecule has 1 N–H and O–H groups in total. The molecule has 0 bridgehead atoms. The van der Waals surface area contributed by atoms with Crippen molar-refractivity contribution in [3.05, 3.63) is 0 Å². The van der Waals surface area contributed by atoms with Gasteiger partial charge in [-0.15, -0.1) is 0 Å². The fourth-order valence-electron chi connectivity index (χ4n) is 2.51. The SMILES string of the molecule is CCCNCC1CCN(S(=O)(=O)CC(C)(C)C)CC1. The van der Waals surface area contributed by atoms with Crippen molar-refractivity contribution in [3.63, 3.8) is 0 Å². The van der Waals surface area contributed by atoms with E-state index in [0.29, 0.717) is 19.0 Å². The van der Waals surface area contributed by atoms with Crippen LogP contribution < -0.4 is 5.32 Å². The highest BCUT2D eigenvalue weighted by atomic mass is 32.2. The summed E-state index contributed by atoms with van der Waals surface area (Å²) < 4.78 is 26.2. The molecule has 1 rings (SSSR count). The maximum Gasteiger partial charge on any atom is 0.214 e. The molecule has 0 radical (unpaired) electrons. The van der Waals surface area contributed by atoms with Crippen molar-refractivity contribution in [2.45, 2.75) is 47.0 Å². The zero-order chi connectivity index (χ0) is 14.5. The zero-order valence-corrected chi connectivity index (χ0v) is 13.7. The molecule has 0 spiro atoms. The van der Waals surface area contributed by atoms with Crippen LogP contribution in [0.25, 0.3) is 0 Å². The van der Waals surface area contributed by atoms with Crippen LogP contribution in [0.1, 0.15) is 47.0 Å². The average Bonchev–Trinajstić information content (AvgIpc) is 2.27. The molecule has 0 amide bonds. The second-order valence-corrected chi connectivity index (χ2v) is 8.83. The minimum Gasteiger partial charge on any atom is -0.316 e. The molecule has 4 nitrogen and oxygen atoms in total. The van der Waals surface area contributed by atoms with Crippen LogP contribution in [0.3, 0.4) is 0 Å². The molecule has 1 heterocycles. The van der Waals surface area contributed by atoms with Gasteiger partial charge in [-0.1, -0.05) is 27.7 Å². The Labute approximate surface area is 119 Å². The third-order valence-electron chi connectivity index (χ3n) is 3.44. The molecule has 1 aliphatic heterocycles. The summed E-state index contributed by atoms with van der Waals surface area (Å²) in [6.07, 6.45) is 3.12. The highest BCUT2D eigenvalue weighted by Crippen LogP contribution is 2.23. The summed E-state index contributed by atoms with van der Waals surface area (Å²) in [5.41, 5.74) is -0.168. The second kappa shape index (κ2) is 7.04. The first-order chi connectivity index (χ1) is 8.74. The molecule has 1 fully saturated rings. The third kappa shape index (κ3) is 6.23. The van der Waals surface area contributed by atoms with Gasteiger partial charge in [0.05, 0.1) is 5.75 Å². The summed E-state index contributed by atoms with van der Waals surface area (Å²) in [5, 5.41) is 3.43. The Morgan fingerprint density at radius 1 is 1.21 bits per heavy atom. The first-order valence-corrected chi connectivity index (χ1v) is 9.04. The van der Waals surface area contributed by atoms with E-state index in [1.54, 1.807) is 4.31 Å². The van der Waals surface area contributed by atoms with Crippen LogP contribution in [0.5, 0.6) is 0 Å². The summed E-state index contributed by atoms with van der Waals surface area (Å²) in [7, 11) is -3.08. The van der Waals surface area contributed by atoms with Crippen LogP contribution in [0, 0.1) is 11.3 Å². The van der Waals surface area contributed by atoms with Crippen molar-refractivity contribution < 1.29 is 8.42 Å². The van der Waals surface area contributed by atoms with E-state index in [-0.39, 0.29) is 11.2 Å². The molecular formula is C14H30N2O2S. The van der Waals surface area contributed by atoms with Crippen molar-refractivity contribution in [2.75, 3.05) is 31.9 Å². The smallest absolute Gasteiger partial charge is 0.214 e. The molecular weight excluding hydrogens is 260 g/mol. The summed E-state index contributed by atoms with van der Waals surface area (Å²) in [4.78, 5) is 0. The van der Waals surface area contributed by atoms with Crippen LogP contribution in [0.4, 0.5) is 0 Å². The Kier molecular flexibility index (Phi) is 6.27. The van der Waals surface area contributed by atoms with Gasteiger partial charge in [-0.3, -0.25) is 0 Å². The lowest BCUT2D eigenvalue weighted by molar-refractivity contribution is 0.264. The van der Waals surface area contributed by atoms with Gasteiger partial charge in [-0.25, -0.2) is 12.7 Å². The molecule has 114 valence electrons. The van der Waals surface area contributed by atoms with Crippen LogP contribution >= 0.6 is 0 Å². The normalized spacial score (nSPS) is 19.8. The Bertz CT molecular complexity index is 352. The minimum absolute atomic E-state index is 0.168. The number of hydrogen-bond acceptors (Lipinski definition) is 3. The largest absolute Gasteiger partial charge is 0.316 e. The molecule has 0 aliphatic carbocycles. The van der Waals surface area contributed by atoms with E-state index < -0.39 is 10.0 Å². The molecule has 19 heavy (non-hydrogen) atoms. The lowest BCUT2D eigenvalue weighted by Crippen LogP contribution is -2.43. The lowest BCUT2D eigenvalue weighted by atomic mass is 9.98. The quantitative estimate of drug-likeness (QED) is 0.762. The van der Waals surface area contributed by atoms with E-state index in [1.165, 1.54) is 0 Å². The minimum atomic E-state index is -3.08. The highest BCUT2D eigenvalue weighted by Gasteiger charge is 2.31. The van der Waals surface area contributed by atoms with Gasteiger partial charge in [0.25, 0.3) is 0 Å². The number of hydrogen-bond donors (Lipinski definition) is 1. The van der Waals surface area contributed by atoms with Crippen LogP contribution in [0.15, 0.2) is 0 Å². The first-order valence-electron chi connectivity index (χ1n) is 7.43. The Hall–Kier alpha value is -0.130. The van der Waals surface area contributed by atoms with Crippen molar-refractivity contribution >= 4 is 10.0 Å². The predicted molar refractivity (Wildman–Crippen MR) is 80.7 cm³/mol. The first kappa shape index (κ1) is 16.9. The average molecular weight is 290 g/mol. The molecule has 0 atom stereocenters. The number of nitrogens with one attached hydrogen (secondary N) is 1.